The number of rotatable bonds is 3. The van der Waals surface area contributed by atoms with Gasteiger partial charge in [-0.3, -0.25) is 4.79 Å². The zero-order valence-corrected chi connectivity index (χ0v) is 15.4. The van der Waals surface area contributed by atoms with Gasteiger partial charge in [0.05, 0.1) is 11.3 Å². The third kappa shape index (κ3) is 4.22. The lowest BCUT2D eigenvalue weighted by molar-refractivity contribution is -0.137. The van der Waals surface area contributed by atoms with Gasteiger partial charge in [-0.05, 0) is 42.5 Å². The number of pyridine rings is 1. The van der Waals surface area contributed by atoms with Crippen LogP contribution in [0.2, 0.25) is 0 Å². The van der Waals surface area contributed by atoms with Gasteiger partial charge in [-0.25, -0.2) is 9.98 Å². The van der Waals surface area contributed by atoms with Crippen molar-refractivity contribution in [3.63, 3.8) is 0 Å². The lowest BCUT2D eigenvalue weighted by atomic mass is 10.1. The van der Waals surface area contributed by atoms with Gasteiger partial charge < -0.3 is 9.73 Å². The molecule has 5 nitrogen and oxygen atoms in total. The molecule has 0 radical (unpaired) electrons. The second kappa shape index (κ2) is 7.82. The molecule has 2 aromatic heterocycles. The normalized spacial score (nSPS) is 12.2. The highest BCUT2D eigenvalue weighted by Crippen LogP contribution is 2.31. The molecule has 0 saturated carbocycles. The number of carbonyl (C=O) groups excluding carboxylic acids is 1. The zero-order valence-electron chi connectivity index (χ0n) is 15.4. The Balaban J connectivity index is 1.85. The first-order valence-corrected chi connectivity index (χ1v) is 8.87. The minimum Gasteiger partial charge on any atom is -0.438 e. The molecule has 2 aromatic carbocycles. The van der Waals surface area contributed by atoms with E-state index < -0.39 is 17.6 Å². The van der Waals surface area contributed by atoms with Crippen LogP contribution >= 0.6 is 0 Å². The first-order valence-electron chi connectivity index (χ1n) is 8.87. The van der Waals surface area contributed by atoms with Crippen molar-refractivity contribution in [3.8, 4) is 0 Å². The summed E-state index contributed by atoms with van der Waals surface area (Å²) < 4.78 is 44.8. The van der Waals surface area contributed by atoms with E-state index in [9.17, 15) is 18.0 Å². The van der Waals surface area contributed by atoms with E-state index in [1.807, 2.05) is 0 Å². The molecule has 8 heteroatoms. The van der Waals surface area contributed by atoms with E-state index in [2.05, 4.69) is 15.3 Å². The smallest absolute Gasteiger partial charge is 0.416 e. The van der Waals surface area contributed by atoms with Gasteiger partial charge in [0.1, 0.15) is 17.0 Å². The molecule has 4 aromatic rings. The second-order valence-electron chi connectivity index (χ2n) is 6.33. The van der Waals surface area contributed by atoms with E-state index in [1.165, 1.54) is 18.3 Å². The van der Waals surface area contributed by atoms with Crippen molar-refractivity contribution in [1.29, 1.82) is 0 Å². The number of nitrogens with zero attached hydrogens (tertiary/aromatic N) is 2. The number of benzene rings is 2. The van der Waals surface area contributed by atoms with Gasteiger partial charge in [-0.2, -0.15) is 13.2 Å². The van der Waals surface area contributed by atoms with Crippen LogP contribution in [-0.4, -0.2) is 10.9 Å². The van der Waals surface area contributed by atoms with Crippen LogP contribution < -0.4 is 10.9 Å². The molecule has 1 amide bonds. The Morgan fingerprint density at radius 2 is 1.77 bits per heavy atom. The summed E-state index contributed by atoms with van der Waals surface area (Å²) in [4.78, 5) is 21.1. The Hall–Kier alpha value is -3.94. The predicted octanol–water partition coefficient (Wildman–Crippen LogP) is 5.33. The van der Waals surface area contributed by atoms with Gasteiger partial charge >= 0.3 is 6.18 Å². The zero-order chi connectivity index (χ0) is 21.1. The third-order valence-corrected chi connectivity index (χ3v) is 4.21. The van der Waals surface area contributed by atoms with Crippen LogP contribution in [-0.2, 0) is 6.18 Å². The Morgan fingerprint density at radius 3 is 2.53 bits per heavy atom. The van der Waals surface area contributed by atoms with Crippen molar-refractivity contribution in [2.24, 2.45) is 4.99 Å². The summed E-state index contributed by atoms with van der Waals surface area (Å²) in [5.74, 6) is -0.227. The molecule has 0 spiro atoms. The molecule has 0 fully saturated rings. The predicted molar refractivity (Wildman–Crippen MR) is 105 cm³/mol. The number of para-hydroxylation sites is 1. The number of anilines is 1. The van der Waals surface area contributed by atoms with Gasteiger partial charge in [0.2, 0.25) is 5.55 Å². The maximum atomic E-state index is 13.0. The molecular weight excluding hydrogens is 395 g/mol. The molecule has 0 saturated heterocycles. The van der Waals surface area contributed by atoms with E-state index in [4.69, 9.17) is 4.42 Å². The summed E-state index contributed by atoms with van der Waals surface area (Å²) in [6, 6.07) is 18.0. The van der Waals surface area contributed by atoms with Gasteiger partial charge in [0.15, 0.2) is 0 Å². The molecule has 2 heterocycles. The lowest BCUT2D eigenvalue weighted by Crippen LogP contribution is -2.22. The maximum Gasteiger partial charge on any atom is 0.416 e. The molecule has 30 heavy (non-hydrogen) atoms. The third-order valence-electron chi connectivity index (χ3n) is 4.21. The number of aromatic nitrogens is 1. The monoisotopic (exact) mass is 409 g/mol. The van der Waals surface area contributed by atoms with E-state index in [0.29, 0.717) is 16.8 Å². The van der Waals surface area contributed by atoms with Gasteiger partial charge in [-0.1, -0.05) is 30.3 Å². The number of hydrogen-bond acceptors (Lipinski definition) is 4. The Morgan fingerprint density at radius 1 is 0.967 bits per heavy atom. The van der Waals surface area contributed by atoms with Crippen molar-refractivity contribution in [3.05, 3.63) is 95.7 Å². The van der Waals surface area contributed by atoms with E-state index in [-0.39, 0.29) is 16.8 Å². The second-order valence-corrected chi connectivity index (χ2v) is 6.33. The maximum absolute atomic E-state index is 13.0. The standard InChI is InChI=1S/C22H14F3N3O2/c23-22(24,25)15-7-5-8-16(13-15)27-21-17(12-14-6-1-2-9-18(14)30-21)20(29)28-19-10-3-4-11-26-19/h1-13H,(H,26,28,29). The Bertz CT molecular complexity index is 1280. The molecule has 150 valence electrons. The van der Waals surface area contributed by atoms with Crippen LogP contribution in [0.15, 0.2) is 88.4 Å². The summed E-state index contributed by atoms with van der Waals surface area (Å²) in [5.41, 5.74) is -0.435. The van der Waals surface area contributed by atoms with Crippen LogP contribution in [0.3, 0.4) is 0 Å². The molecule has 0 aliphatic heterocycles. The first kappa shape index (κ1) is 19.4. The van der Waals surface area contributed by atoms with Crippen LogP contribution in [0.5, 0.6) is 0 Å². The Kier molecular flexibility index (Phi) is 5.05. The van der Waals surface area contributed by atoms with E-state index >= 15 is 0 Å². The van der Waals surface area contributed by atoms with Crippen LogP contribution in [0, 0.1) is 0 Å². The summed E-state index contributed by atoms with van der Waals surface area (Å²) in [5, 5.41) is 3.28. The highest BCUT2D eigenvalue weighted by molar-refractivity contribution is 6.04. The topological polar surface area (TPSA) is 67.5 Å². The quantitative estimate of drug-likeness (QED) is 0.497. The minimum atomic E-state index is -4.51. The van der Waals surface area contributed by atoms with Crippen molar-refractivity contribution >= 4 is 28.4 Å². The van der Waals surface area contributed by atoms with Crippen molar-refractivity contribution < 1.29 is 22.4 Å². The summed E-state index contributed by atoms with van der Waals surface area (Å²) in [7, 11) is 0. The highest BCUT2D eigenvalue weighted by atomic mass is 19.4. The Labute approximate surface area is 168 Å². The van der Waals surface area contributed by atoms with E-state index in [1.54, 1.807) is 48.5 Å². The van der Waals surface area contributed by atoms with Crippen molar-refractivity contribution in [2.45, 2.75) is 6.18 Å². The number of fused-ring (bicyclic) bond motifs is 1. The average molecular weight is 409 g/mol. The van der Waals surface area contributed by atoms with Gasteiger partial charge in [0.25, 0.3) is 5.91 Å². The van der Waals surface area contributed by atoms with Gasteiger partial charge in [0, 0.05) is 11.6 Å². The van der Waals surface area contributed by atoms with Crippen molar-refractivity contribution in [2.75, 3.05) is 5.32 Å². The number of alkyl halides is 3. The lowest BCUT2D eigenvalue weighted by Gasteiger charge is -2.08. The number of amides is 1. The molecular formula is C22H14F3N3O2. The first-order chi connectivity index (χ1) is 14.4. The SMILES string of the molecule is O=C(Nc1ccccn1)c1cc2ccccc2oc1=Nc1cccc(C(F)(F)F)c1. The molecule has 4 rings (SSSR count). The van der Waals surface area contributed by atoms with Crippen LogP contribution in [0.1, 0.15) is 15.9 Å². The van der Waals surface area contributed by atoms with Crippen molar-refractivity contribution in [1.82, 2.24) is 4.98 Å². The minimum absolute atomic E-state index is 0.00995. The molecule has 0 atom stereocenters. The molecule has 0 aliphatic rings. The summed E-state index contributed by atoms with van der Waals surface area (Å²) >= 11 is 0. The fourth-order valence-corrected chi connectivity index (χ4v) is 2.80. The number of carbonyl (C=O) groups is 1. The fraction of sp³-hybridized carbons (Fsp3) is 0.0455. The van der Waals surface area contributed by atoms with E-state index in [0.717, 1.165) is 12.1 Å². The number of hydrogen-bond donors (Lipinski definition) is 1. The van der Waals surface area contributed by atoms with Crippen LogP contribution in [0.4, 0.5) is 24.7 Å². The number of nitrogens with one attached hydrogen (secondary N) is 1. The molecule has 1 N–H and O–H groups in total. The largest absolute Gasteiger partial charge is 0.438 e. The fourth-order valence-electron chi connectivity index (χ4n) is 2.80. The van der Waals surface area contributed by atoms with Crippen LogP contribution in [0.25, 0.3) is 11.0 Å². The van der Waals surface area contributed by atoms with Gasteiger partial charge in [-0.15, -0.1) is 0 Å². The molecule has 0 bridgehead atoms. The average Bonchev–Trinajstić information content (AvgIpc) is 2.73. The molecule has 0 unspecified atom stereocenters. The number of halogens is 3. The molecule has 0 aliphatic carbocycles. The summed E-state index contributed by atoms with van der Waals surface area (Å²) in [6.07, 6.45) is -2.99. The summed E-state index contributed by atoms with van der Waals surface area (Å²) in [6.45, 7) is 0. The highest BCUT2D eigenvalue weighted by Gasteiger charge is 2.30.